The minimum atomic E-state index is -1.17. The molecule has 0 saturated heterocycles. The Kier molecular flexibility index (Phi) is 11.9. The van der Waals surface area contributed by atoms with Crippen LogP contribution in [0.25, 0.3) is 0 Å². The highest BCUT2D eigenvalue weighted by Crippen LogP contribution is 2.24. The smallest absolute Gasteiger partial charge is 0.249 e. The van der Waals surface area contributed by atoms with E-state index in [0.717, 1.165) is 5.56 Å². The average molecular weight is 669 g/mol. The van der Waals surface area contributed by atoms with Gasteiger partial charge in [-0.25, -0.2) is 4.99 Å². The summed E-state index contributed by atoms with van der Waals surface area (Å²) in [7, 11) is 0. The fraction of sp³-hybridized carbons (Fsp3) is 0.588. The maximum Gasteiger partial charge on any atom is 0.249 e. The molecule has 3 aliphatic rings. The maximum atomic E-state index is 14.2. The molecule has 3 heterocycles. The van der Waals surface area contributed by atoms with Crippen molar-refractivity contribution in [2.45, 2.75) is 115 Å². The van der Waals surface area contributed by atoms with E-state index in [0.29, 0.717) is 23.6 Å². The SMILES string of the molecule is C=CC(C)(C)OC(C)[C@@H]1NC(=O)[C@H](C(C)CC)NC(=O)[C@@H]2CSC(=N2)[C@H](C)NC(=O)[C@H]2N=C(OC2C)[C@H](Cc2ccccc2)NC1=O. The number of benzene rings is 1. The zero-order valence-corrected chi connectivity index (χ0v) is 29.1. The highest BCUT2D eigenvalue weighted by atomic mass is 32.2. The molecule has 3 aliphatic heterocycles. The van der Waals surface area contributed by atoms with Gasteiger partial charge in [0.25, 0.3) is 0 Å². The van der Waals surface area contributed by atoms with Gasteiger partial charge in [0.2, 0.25) is 29.5 Å². The van der Waals surface area contributed by atoms with Gasteiger partial charge in [-0.1, -0.05) is 56.7 Å². The number of carbonyl (C=O) groups excluding carboxylic acids is 4. The standard InChI is InChI=1S/C34H48N6O6S/c1-9-18(3)25-29(42)39-27(21(6)46-34(7,8)10-2)31(44)36-23(16-22-14-12-11-13-15-22)32-40-26(20(5)45-32)30(43)35-19(4)33-37-24(17-47-33)28(41)38-25/h10-15,18-21,23-27H,2,9,16-17H2,1,3-8H3,(H,35,43)(H,36,44)(H,38,41)(H,39,42)/t18?,19-,20?,21?,23-,24-,25-,26-,27-/m0/s1. The summed E-state index contributed by atoms with van der Waals surface area (Å²) < 4.78 is 12.3. The van der Waals surface area contributed by atoms with Crippen molar-refractivity contribution in [1.29, 1.82) is 0 Å². The lowest BCUT2D eigenvalue weighted by molar-refractivity contribution is -0.138. The first-order valence-corrected chi connectivity index (χ1v) is 17.2. The second-order valence-electron chi connectivity index (χ2n) is 13.0. The predicted octanol–water partition coefficient (Wildman–Crippen LogP) is 2.32. The van der Waals surface area contributed by atoms with Crippen molar-refractivity contribution >= 4 is 46.3 Å². The number of thioether (sulfide) groups is 1. The molecule has 0 radical (unpaired) electrons. The van der Waals surface area contributed by atoms with E-state index in [9.17, 15) is 19.2 Å². The second kappa shape index (κ2) is 15.5. The van der Waals surface area contributed by atoms with Gasteiger partial charge in [0, 0.05) is 12.2 Å². The van der Waals surface area contributed by atoms with Crippen LogP contribution in [-0.4, -0.2) is 94.4 Å². The number of hydrogen-bond acceptors (Lipinski definition) is 9. The van der Waals surface area contributed by atoms with Crippen LogP contribution in [0.2, 0.25) is 0 Å². The minimum absolute atomic E-state index is 0.214. The van der Waals surface area contributed by atoms with Crippen LogP contribution >= 0.6 is 11.8 Å². The predicted molar refractivity (Wildman–Crippen MR) is 183 cm³/mol. The molecule has 0 spiro atoms. The van der Waals surface area contributed by atoms with E-state index in [-0.39, 0.29) is 17.7 Å². The highest BCUT2D eigenvalue weighted by Gasteiger charge is 2.41. The van der Waals surface area contributed by atoms with E-state index in [1.165, 1.54) is 11.8 Å². The molecule has 9 atom stereocenters. The molecule has 256 valence electrons. The molecule has 4 rings (SSSR count). The topological polar surface area (TPSA) is 160 Å². The molecule has 3 unspecified atom stereocenters. The Labute approximate surface area is 281 Å². The van der Waals surface area contributed by atoms with Crippen molar-refractivity contribution in [3.63, 3.8) is 0 Å². The summed E-state index contributed by atoms with van der Waals surface area (Å²) in [5.74, 6) is -1.47. The van der Waals surface area contributed by atoms with Crippen LogP contribution in [0, 0.1) is 5.92 Å². The molecule has 4 N–H and O–H groups in total. The second-order valence-corrected chi connectivity index (χ2v) is 14.0. The average Bonchev–Trinajstić information content (AvgIpc) is 3.69. The summed E-state index contributed by atoms with van der Waals surface area (Å²) in [5, 5.41) is 12.4. The van der Waals surface area contributed by atoms with Crippen LogP contribution in [0.3, 0.4) is 0 Å². The van der Waals surface area contributed by atoms with Gasteiger partial charge >= 0.3 is 0 Å². The molecule has 13 heteroatoms. The van der Waals surface area contributed by atoms with Gasteiger partial charge in [0.05, 0.1) is 22.8 Å². The lowest BCUT2D eigenvalue weighted by Crippen LogP contribution is -2.61. The summed E-state index contributed by atoms with van der Waals surface area (Å²) >= 11 is 1.39. The van der Waals surface area contributed by atoms with Gasteiger partial charge in [0.1, 0.15) is 30.3 Å². The molecule has 47 heavy (non-hydrogen) atoms. The Bertz CT molecular complexity index is 1400. The molecule has 4 bridgehead atoms. The van der Waals surface area contributed by atoms with Crippen LogP contribution in [0.15, 0.2) is 53.0 Å². The van der Waals surface area contributed by atoms with Crippen molar-refractivity contribution < 1.29 is 28.7 Å². The Morgan fingerprint density at radius 2 is 1.64 bits per heavy atom. The zero-order valence-electron chi connectivity index (χ0n) is 28.2. The van der Waals surface area contributed by atoms with Crippen LogP contribution < -0.4 is 21.3 Å². The number of nitrogens with one attached hydrogen (secondary N) is 4. The van der Waals surface area contributed by atoms with Gasteiger partial charge in [-0.05, 0) is 46.1 Å². The molecule has 4 amide bonds. The van der Waals surface area contributed by atoms with E-state index in [1.807, 2.05) is 44.2 Å². The Morgan fingerprint density at radius 1 is 0.979 bits per heavy atom. The third-order valence-electron chi connectivity index (χ3n) is 8.71. The summed E-state index contributed by atoms with van der Waals surface area (Å²) in [6.07, 6.45) is 1.11. The fourth-order valence-corrected chi connectivity index (χ4v) is 6.66. The number of nitrogens with zero attached hydrogens (tertiary/aromatic N) is 2. The van der Waals surface area contributed by atoms with Crippen molar-refractivity contribution in [1.82, 2.24) is 21.3 Å². The number of rotatable bonds is 8. The number of fused-ring (bicyclic) bond motifs is 2. The zero-order chi connectivity index (χ0) is 34.5. The molecule has 0 aliphatic carbocycles. The number of hydrogen-bond donors (Lipinski definition) is 4. The minimum Gasteiger partial charge on any atom is -0.474 e. The van der Waals surface area contributed by atoms with Gasteiger partial charge in [-0.2, -0.15) is 0 Å². The first-order valence-electron chi connectivity index (χ1n) is 16.2. The lowest BCUT2D eigenvalue weighted by Gasteiger charge is -2.33. The number of ether oxygens (including phenoxy) is 2. The van der Waals surface area contributed by atoms with Crippen LogP contribution in [-0.2, 0) is 35.1 Å². The molecule has 0 saturated carbocycles. The Morgan fingerprint density at radius 3 is 2.30 bits per heavy atom. The van der Waals surface area contributed by atoms with Crippen LogP contribution in [0.4, 0.5) is 0 Å². The van der Waals surface area contributed by atoms with E-state index in [4.69, 9.17) is 9.47 Å². The van der Waals surface area contributed by atoms with E-state index >= 15 is 0 Å². The Balaban J connectivity index is 1.77. The highest BCUT2D eigenvalue weighted by molar-refractivity contribution is 8.14. The van der Waals surface area contributed by atoms with Gasteiger partial charge < -0.3 is 30.7 Å². The van der Waals surface area contributed by atoms with Crippen LogP contribution in [0.5, 0.6) is 0 Å². The summed E-state index contributed by atoms with van der Waals surface area (Å²) in [4.78, 5) is 64.3. The summed E-state index contributed by atoms with van der Waals surface area (Å²) in [6.45, 7) is 16.5. The third kappa shape index (κ3) is 9.01. The Hall–Kier alpha value is -3.71. The number of amides is 4. The van der Waals surface area contributed by atoms with Crippen molar-refractivity contribution in [2.24, 2.45) is 15.9 Å². The molecule has 12 nitrogen and oxygen atoms in total. The molecule has 1 aromatic rings. The van der Waals surface area contributed by atoms with Crippen molar-refractivity contribution in [3.05, 3.63) is 48.6 Å². The van der Waals surface area contributed by atoms with E-state index in [1.54, 1.807) is 40.7 Å². The lowest BCUT2D eigenvalue weighted by atomic mass is 9.97. The van der Waals surface area contributed by atoms with Gasteiger partial charge in [-0.3, -0.25) is 24.2 Å². The maximum absolute atomic E-state index is 14.2. The molecule has 0 aromatic heterocycles. The monoisotopic (exact) mass is 668 g/mol. The van der Waals surface area contributed by atoms with Crippen LogP contribution in [0.1, 0.15) is 60.5 Å². The van der Waals surface area contributed by atoms with E-state index in [2.05, 4.69) is 37.8 Å². The quantitative estimate of drug-likeness (QED) is 0.310. The molecular formula is C34H48N6O6S. The van der Waals surface area contributed by atoms with Gasteiger partial charge in [0.15, 0.2) is 6.04 Å². The normalized spacial score (nSPS) is 30.2. The molecular weight excluding hydrogens is 620 g/mol. The number of carbonyl (C=O) groups is 4. The fourth-order valence-electron chi connectivity index (χ4n) is 5.59. The van der Waals surface area contributed by atoms with E-state index < -0.39 is 71.8 Å². The third-order valence-corrected chi connectivity index (χ3v) is 9.95. The molecule has 1 aromatic carbocycles. The van der Waals surface area contributed by atoms with Crippen molar-refractivity contribution in [2.75, 3.05) is 5.75 Å². The summed E-state index contributed by atoms with van der Waals surface area (Å²) in [5.41, 5.74) is 0.0923. The first-order chi connectivity index (χ1) is 22.2. The van der Waals surface area contributed by atoms with Gasteiger partial charge in [-0.15, -0.1) is 18.3 Å². The first kappa shape index (κ1) is 36.1. The molecule has 0 fully saturated rings. The largest absolute Gasteiger partial charge is 0.474 e. The summed E-state index contributed by atoms with van der Waals surface area (Å²) in [6, 6.07) is 4.58. The van der Waals surface area contributed by atoms with Crippen molar-refractivity contribution in [3.8, 4) is 0 Å². The number of aliphatic imine (C=N–C) groups is 2.